The molecule has 3 unspecified atom stereocenters. The number of nitro benzene ring substituents is 2. The zero-order valence-corrected chi connectivity index (χ0v) is 24.0. The molecule has 0 bridgehead atoms. The molecule has 2 N–H and O–H groups in total. The van der Waals surface area contributed by atoms with Gasteiger partial charge in [0, 0.05) is 18.7 Å². The Kier molecular flexibility index (Phi) is 8.77. The molecule has 3 aliphatic carbocycles. The molecule has 3 aliphatic rings. The maximum atomic E-state index is 14.0. The van der Waals surface area contributed by atoms with Crippen LogP contribution in [-0.4, -0.2) is 36.1 Å². The summed E-state index contributed by atoms with van der Waals surface area (Å²) < 4.78 is 19.4. The number of aryl methyl sites for hydroxylation is 1. The number of benzene rings is 2. The molecule has 222 valence electrons. The van der Waals surface area contributed by atoms with Crippen LogP contribution in [-0.2, 0) is 6.42 Å². The van der Waals surface area contributed by atoms with Gasteiger partial charge in [-0.1, -0.05) is 25.8 Å². The summed E-state index contributed by atoms with van der Waals surface area (Å²) in [6, 6.07) is 8.77. The Hall–Kier alpha value is -3.27. The van der Waals surface area contributed by atoms with Crippen molar-refractivity contribution in [2.45, 2.75) is 83.1 Å². The Balaban J connectivity index is 1.05. The van der Waals surface area contributed by atoms with E-state index in [9.17, 15) is 24.6 Å². The van der Waals surface area contributed by atoms with E-state index in [4.69, 9.17) is 4.74 Å². The molecule has 0 saturated heterocycles. The number of hydrogen-bond acceptors (Lipinski definition) is 7. The molecule has 2 saturated carbocycles. The molecule has 0 aromatic heterocycles. The van der Waals surface area contributed by atoms with Crippen molar-refractivity contribution in [1.29, 1.82) is 0 Å². The molecule has 41 heavy (non-hydrogen) atoms. The van der Waals surface area contributed by atoms with Crippen LogP contribution < -0.4 is 15.4 Å². The van der Waals surface area contributed by atoms with Gasteiger partial charge in [-0.3, -0.25) is 20.2 Å². The summed E-state index contributed by atoms with van der Waals surface area (Å²) in [4.78, 5) is 20.5. The van der Waals surface area contributed by atoms with Gasteiger partial charge in [0.1, 0.15) is 11.4 Å². The number of nitrogens with one attached hydrogen (secondary N) is 2. The van der Waals surface area contributed by atoms with Gasteiger partial charge < -0.3 is 15.4 Å². The van der Waals surface area contributed by atoms with Gasteiger partial charge in [-0.25, -0.2) is 0 Å². The quantitative estimate of drug-likeness (QED) is 0.159. The number of nitrogens with zero attached hydrogens (tertiary/aromatic N) is 2. The predicted molar refractivity (Wildman–Crippen MR) is 156 cm³/mol. The lowest BCUT2D eigenvalue weighted by molar-refractivity contribution is -0.395. The standard InChI is InChI=1S/C31H41FN4O5/c1-31-14-13-23-22-10-8-21(41-2)17-20(22)7-9-24(23)25(31)11-12-30(31)34-16-6-4-3-5-15-33-27-18-26(32)28(35(37)38)19-29(27)36(39)40/h8,10,17-19,23-25,30,33-34H,3-7,9,11-16H2,1-2H3/t23?,24?,25?,30-,31-/m0/s1. The minimum atomic E-state index is -1.08. The van der Waals surface area contributed by atoms with E-state index in [0.717, 1.165) is 62.3 Å². The Morgan fingerprint density at radius 2 is 1.73 bits per heavy atom. The number of unbranched alkanes of at least 4 members (excludes halogenated alkanes) is 3. The van der Waals surface area contributed by atoms with Crippen LogP contribution in [0.2, 0.25) is 0 Å². The zero-order chi connectivity index (χ0) is 29.1. The molecule has 2 aromatic rings. The largest absolute Gasteiger partial charge is 0.497 e. The van der Waals surface area contributed by atoms with Crippen LogP contribution in [0.1, 0.15) is 81.8 Å². The van der Waals surface area contributed by atoms with Crippen molar-refractivity contribution in [2.75, 3.05) is 25.5 Å². The van der Waals surface area contributed by atoms with Crippen LogP contribution in [0.5, 0.6) is 5.75 Å². The molecule has 10 heteroatoms. The minimum absolute atomic E-state index is 0.0281. The summed E-state index contributed by atoms with van der Waals surface area (Å²) in [6.07, 6.45) is 11.3. The summed E-state index contributed by atoms with van der Waals surface area (Å²) in [7, 11) is 1.74. The summed E-state index contributed by atoms with van der Waals surface area (Å²) in [6.45, 7) is 3.94. The van der Waals surface area contributed by atoms with Gasteiger partial charge in [0.2, 0.25) is 5.82 Å². The van der Waals surface area contributed by atoms with Crippen molar-refractivity contribution in [3.05, 3.63) is 67.5 Å². The second-order valence-corrected chi connectivity index (χ2v) is 12.3. The van der Waals surface area contributed by atoms with E-state index in [1.165, 1.54) is 37.7 Å². The van der Waals surface area contributed by atoms with Crippen LogP contribution >= 0.6 is 0 Å². The highest BCUT2D eigenvalue weighted by Gasteiger charge is 2.54. The van der Waals surface area contributed by atoms with Crippen LogP contribution in [0.25, 0.3) is 0 Å². The smallest absolute Gasteiger partial charge is 0.311 e. The second kappa shape index (κ2) is 12.3. The third kappa shape index (κ3) is 5.89. The van der Waals surface area contributed by atoms with E-state index < -0.39 is 27.0 Å². The molecule has 0 amide bonds. The number of hydrogen-bond donors (Lipinski definition) is 2. The Labute approximate surface area is 240 Å². The summed E-state index contributed by atoms with van der Waals surface area (Å²) in [5, 5.41) is 29.0. The first-order valence-corrected chi connectivity index (χ1v) is 15.0. The second-order valence-electron chi connectivity index (χ2n) is 12.3. The highest BCUT2D eigenvalue weighted by atomic mass is 19.1. The monoisotopic (exact) mass is 568 g/mol. The van der Waals surface area contributed by atoms with Crippen LogP contribution in [0.3, 0.4) is 0 Å². The van der Waals surface area contributed by atoms with E-state index >= 15 is 0 Å². The lowest BCUT2D eigenvalue weighted by atomic mass is 9.55. The number of methoxy groups -OCH3 is 1. The first-order valence-electron chi connectivity index (χ1n) is 15.0. The lowest BCUT2D eigenvalue weighted by Gasteiger charge is -2.51. The molecule has 5 atom stereocenters. The lowest BCUT2D eigenvalue weighted by Crippen LogP contribution is -2.48. The fourth-order valence-corrected chi connectivity index (χ4v) is 8.11. The van der Waals surface area contributed by atoms with Crippen molar-refractivity contribution >= 4 is 17.1 Å². The molecule has 0 heterocycles. The zero-order valence-electron chi connectivity index (χ0n) is 24.0. The maximum absolute atomic E-state index is 14.0. The maximum Gasteiger partial charge on any atom is 0.311 e. The number of anilines is 1. The summed E-state index contributed by atoms with van der Waals surface area (Å²) in [5.41, 5.74) is 1.98. The van der Waals surface area contributed by atoms with Crippen molar-refractivity contribution < 1.29 is 19.0 Å². The molecule has 2 aromatic carbocycles. The summed E-state index contributed by atoms with van der Waals surface area (Å²) in [5.74, 6) is 2.11. The number of nitro groups is 2. The van der Waals surface area contributed by atoms with Crippen molar-refractivity contribution in [2.24, 2.45) is 17.3 Å². The minimum Gasteiger partial charge on any atom is -0.497 e. The van der Waals surface area contributed by atoms with Gasteiger partial charge in [0.05, 0.1) is 23.0 Å². The molecule has 0 aliphatic heterocycles. The Morgan fingerprint density at radius 3 is 2.46 bits per heavy atom. The third-order valence-electron chi connectivity index (χ3n) is 10.2. The predicted octanol–water partition coefficient (Wildman–Crippen LogP) is 7.14. The average molecular weight is 569 g/mol. The fourth-order valence-electron chi connectivity index (χ4n) is 8.11. The average Bonchev–Trinajstić information content (AvgIpc) is 3.29. The first kappa shape index (κ1) is 29.2. The molecule has 0 radical (unpaired) electrons. The van der Waals surface area contributed by atoms with Gasteiger partial charge in [0.25, 0.3) is 5.69 Å². The van der Waals surface area contributed by atoms with Gasteiger partial charge in [-0.05, 0) is 104 Å². The van der Waals surface area contributed by atoms with Gasteiger partial charge in [-0.2, -0.15) is 4.39 Å². The number of ether oxygens (including phenoxy) is 1. The molecular weight excluding hydrogens is 527 g/mol. The van der Waals surface area contributed by atoms with E-state index in [1.54, 1.807) is 12.7 Å². The third-order valence-corrected chi connectivity index (χ3v) is 10.2. The molecular formula is C31H41FN4O5. The molecule has 9 nitrogen and oxygen atoms in total. The van der Waals surface area contributed by atoms with Crippen molar-refractivity contribution in [3.63, 3.8) is 0 Å². The van der Waals surface area contributed by atoms with Gasteiger partial charge >= 0.3 is 5.69 Å². The van der Waals surface area contributed by atoms with Crippen LogP contribution in [0.4, 0.5) is 21.5 Å². The van der Waals surface area contributed by atoms with Crippen LogP contribution in [0.15, 0.2) is 30.3 Å². The van der Waals surface area contributed by atoms with Crippen molar-refractivity contribution in [3.8, 4) is 5.75 Å². The Morgan fingerprint density at radius 1 is 0.976 bits per heavy atom. The van der Waals surface area contributed by atoms with E-state index in [2.05, 4.69) is 35.8 Å². The summed E-state index contributed by atoms with van der Waals surface area (Å²) >= 11 is 0. The highest BCUT2D eigenvalue weighted by Crippen LogP contribution is 2.61. The number of rotatable bonds is 12. The highest BCUT2D eigenvalue weighted by molar-refractivity contribution is 5.65. The van der Waals surface area contributed by atoms with Crippen molar-refractivity contribution in [1.82, 2.24) is 5.32 Å². The molecule has 5 rings (SSSR count). The molecule has 2 fully saturated rings. The van der Waals surface area contributed by atoms with E-state index in [1.807, 2.05) is 0 Å². The van der Waals surface area contributed by atoms with Gasteiger partial charge in [0.15, 0.2) is 0 Å². The van der Waals surface area contributed by atoms with E-state index in [0.29, 0.717) is 30.0 Å². The SMILES string of the molecule is COc1ccc2c(c1)CCC1C2CC[C@@]2(C)C1CC[C@@H]2NCCCCCCNc1cc(F)c([N+](=O)[O-])cc1[N+](=O)[O-]. The topological polar surface area (TPSA) is 120 Å². The van der Waals surface area contributed by atoms with E-state index in [-0.39, 0.29) is 5.69 Å². The normalized spacial score (nSPS) is 26.5. The number of halogens is 1. The van der Waals surface area contributed by atoms with Gasteiger partial charge in [-0.15, -0.1) is 0 Å². The number of fused-ring (bicyclic) bond motifs is 5. The fraction of sp³-hybridized carbons (Fsp3) is 0.613. The first-order chi connectivity index (χ1) is 19.7. The Bertz CT molecular complexity index is 1290. The molecule has 0 spiro atoms. The van der Waals surface area contributed by atoms with Crippen LogP contribution in [0, 0.1) is 43.3 Å².